The van der Waals surface area contributed by atoms with Crippen molar-refractivity contribution in [3.63, 3.8) is 0 Å². The third-order valence-electron chi connectivity index (χ3n) is 4.97. The number of hydrogen-bond donors (Lipinski definition) is 2. The van der Waals surface area contributed by atoms with E-state index in [0.717, 1.165) is 27.9 Å². The molecule has 1 aliphatic rings. The number of anilines is 1. The van der Waals surface area contributed by atoms with Crippen LogP contribution in [-0.2, 0) is 4.79 Å². The zero-order valence-electron chi connectivity index (χ0n) is 14.7. The van der Waals surface area contributed by atoms with Crippen molar-refractivity contribution in [3.8, 4) is 11.3 Å². The monoisotopic (exact) mass is 345 g/mol. The third-order valence-corrected chi connectivity index (χ3v) is 4.97. The maximum absolute atomic E-state index is 13.2. The zero-order valence-corrected chi connectivity index (χ0v) is 14.7. The summed E-state index contributed by atoms with van der Waals surface area (Å²) in [5.74, 6) is -0.342. The molecule has 2 N–H and O–H groups in total. The van der Waals surface area contributed by atoms with E-state index in [2.05, 4.69) is 15.5 Å². The van der Waals surface area contributed by atoms with E-state index < -0.39 is 5.92 Å². The number of hydrogen-bond acceptors (Lipinski definition) is 3. The van der Waals surface area contributed by atoms with Crippen LogP contribution in [0.3, 0.4) is 0 Å². The second-order valence-corrected chi connectivity index (χ2v) is 6.70. The molecule has 0 aliphatic carbocycles. The highest BCUT2D eigenvalue weighted by Gasteiger charge is 2.35. The number of amides is 1. The quantitative estimate of drug-likeness (QED) is 0.705. The number of fused-ring (bicyclic) bond motifs is 1. The minimum atomic E-state index is -0.546. The van der Waals surface area contributed by atoms with Gasteiger partial charge in [0.05, 0.1) is 11.6 Å². The van der Waals surface area contributed by atoms with Gasteiger partial charge in [0, 0.05) is 17.5 Å². The molecule has 2 heterocycles. The molecule has 5 heteroatoms. The highest BCUT2D eigenvalue weighted by atomic mass is 16.2. The van der Waals surface area contributed by atoms with Crippen LogP contribution in [0.5, 0.6) is 0 Å². The molecule has 1 amide bonds. The van der Waals surface area contributed by atoms with E-state index in [9.17, 15) is 9.59 Å². The van der Waals surface area contributed by atoms with Gasteiger partial charge in [0.1, 0.15) is 0 Å². The largest absolute Gasteiger partial charge is 0.309 e. The molecule has 0 radical (unpaired) electrons. The Bertz CT molecular complexity index is 1010. The lowest BCUT2D eigenvalue weighted by Gasteiger charge is -2.22. The van der Waals surface area contributed by atoms with Crippen molar-refractivity contribution in [2.75, 3.05) is 5.32 Å². The number of H-pyrrole nitrogens is 1. The maximum atomic E-state index is 13.2. The molecule has 2 aromatic carbocycles. The fourth-order valence-electron chi connectivity index (χ4n) is 3.40. The number of Topliss-reactive ketones (excluding diaryl/α,β-unsaturated/α-hetero) is 1. The molecule has 4 rings (SSSR count). The molecule has 5 nitrogen and oxygen atoms in total. The average Bonchev–Trinajstić information content (AvgIpc) is 3.07. The highest BCUT2D eigenvalue weighted by molar-refractivity contribution is 6.08. The number of aromatic nitrogens is 2. The summed E-state index contributed by atoms with van der Waals surface area (Å²) in [6.07, 6.45) is 0.123. The van der Waals surface area contributed by atoms with Gasteiger partial charge in [-0.15, -0.1) is 0 Å². The SMILES string of the molecule is Cc1ccc(C(=O)[C@@H]2CC(=O)Nc3n[nH]c(-c4ccccc4)c32)cc1C. The molecular weight excluding hydrogens is 326 g/mol. The molecule has 0 unspecified atom stereocenters. The fourth-order valence-corrected chi connectivity index (χ4v) is 3.40. The summed E-state index contributed by atoms with van der Waals surface area (Å²) >= 11 is 0. The first-order valence-corrected chi connectivity index (χ1v) is 8.59. The molecular formula is C21H19N3O2. The Kier molecular flexibility index (Phi) is 3.92. The van der Waals surface area contributed by atoms with Crippen molar-refractivity contribution in [1.82, 2.24) is 10.2 Å². The summed E-state index contributed by atoms with van der Waals surface area (Å²) in [5, 5.41) is 10.00. The number of ketones is 1. The van der Waals surface area contributed by atoms with E-state index in [-0.39, 0.29) is 18.1 Å². The van der Waals surface area contributed by atoms with Crippen LogP contribution in [0.1, 0.15) is 39.4 Å². The summed E-state index contributed by atoms with van der Waals surface area (Å²) in [4.78, 5) is 25.4. The van der Waals surface area contributed by atoms with Gasteiger partial charge in [-0.25, -0.2) is 0 Å². The lowest BCUT2D eigenvalue weighted by Crippen LogP contribution is -2.27. The van der Waals surface area contributed by atoms with Gasteiger partial charge in [-0.1, -0.05) is 42.5 Å². The Labute approximate surface area is 151 Å². The van der Waals surface area contributed by atoms with Crippen LogP contribution in [0, 0.1) is 13.8 Å². The molecule has 1 aliphatic heterocycles. The van der Waals surface area contributed by atoms with Crippen LogP contribution in [0.2, 0.25) is 0 Å². The van der Waals surface area contributed by atoms with E-state index in [1.165, 1.54) is 0 Å². The number of aryl methyl sites for hydroxylation is 2. The Balaban J connectivity index is 1.81. The van der Waals surface area contributed by atoms with Crippen LogP contribution >= 0.6 is 0 Å². The summed E-state index contributed by atoms with van der Waals surface area (Å²) in [6, 6.07) is 15.4. The highest BCUT2D eigenvalue weighted by Crippen LogP contribution is 2.39. The smallest absolute Gasteiger partial charge is 0.226 e. The Morgan fingerprint density at radius 1 is 1.08 bits per heavy atom. The first-order chi connectivity index (χ1) is 12.5. The van der Waals surface area contributed by atoms with Gasteiger partial charge in [0.15, 0.2) is 11.6 Å². The lowest BCUT2D eigenvalue weighted by molar-refractivity contribution is -0.116. The van der Waals surface area contributed by atoms with Crippen LogP contribution in [0.25, 0.3) is 11.3 Å². The molecule has 0 saturated carbocycles. The second kappa shape index (κ2) is 6.26. The predicted octanol–water partition coefficient (Wildman–Crippen LogP) is 4.00. The fraction of sp³-hybridized carbons (Fsp3) is 0.190. The minimum absolute atomic E-state index is 0.0530. The van der Waals surface area contributed by atoms with Gasteiger partial charge < -0.3 is 5.32 Å². The molecule has 0 spiro atoms. The van der Waals surface area contributed by atoms with E-state index in [0.29, 0.717) is 11.4 Å². The predicted molar refractivity (Wildman–Crippen MR) is 100 cm³/mol. The summed E-state index contributed by atoms with van der Waals surface area (Å²) in [7, 11) is 0. The van der Waals surface area contributed by atoms with Gasteiger partial charge >= 0.3 is 0 Å². The first-order valence-electron chi connectivity index (χ1n) is 8.59. The number of nitrogens with one attached hydrogen (secondary N) is 2. The first kappa shape index (κ1) is 16.3. The molecule has 1 aromatic heterocycles. The lowest BCUT2D eigenvalue weighted by atomic mass is 9.83. The van der Waals surface area contributed by atoms with Gasteiger partial charge in [-0.2, -0.15) is 5.10 Å². The van der Waals surface area contributed by atoms with Crippen molar-refractivity contribution in [1.29, 1.82) is 0 Å². The van der Waals surface area contributed by atoms with E-state index in [1.54, 1.807) is 0 Å². The Morgan fingerprint density at radius 3 is 2.58 bits per heavy atom. The normalized spacial score (nSPS) is 16.1. The van der Waals surface area contributed by atoms with Crippen molar-refractivity contribution in [2.45, 2.75) is 26.2 Å². The van der Waals surface area contributed by atoms with Crippen LogP contribution in [0.4, 0.5) is 5.82 Å². The van der Waals surface area contributed by atoms with Crippen molar-refractivity contribution in [3.05, 3.63) is 70.8 Å². The maximum Gasteiger partial charge on any atom is 0.226 e. The number of aromatic amines is 1. The van der Waals surface area contributed by atoms with Crippen LogP contribution in [-0.4, -0.2) is 21.9 Å². The number of benzene rings is 2. The van der Waals surface area contributed by atoms with Gasteiger partial charge in [0.25, 0.3) is 0 Å². The van der Waals surface area contributed by atoms with Crippen molar-refractivity contribution >= 4 is 17.5 Å². The zero-order chi connectivity index (χ0) is 18.3. The molecule has 0 saturated heterocycles. The topological polar surface area (TPSA) is 74.8 Å². The Hall–Kier alpha value is -3.21. The average molecular weight is 345 g/mol. The van der Waals surface area contributed by atoms with Crippen molar-refractivity contribution < 1.29 is 9.59 Å². The van der Waals surface area contributed by atoms with E-state index in [1.807, 2.05) is 62.4 Å². The van der Waals surface area contributed by atoms with E-state index in [4.69, 9.17) is 0 Å². The molecule has 0 fully saturated rings. The summed E-state index contributed by atoms with van der Waals surface area (Å²) in [5.41, 5.74) is 5.31. The molecule has 0 bridgehead atoms. The third kappa shape index (κ3) is 2.71. The molecule has 1 atom stereocenters. The van der Waals surface area contributed by atoms with E-state index >= 15 is 0 Å². The number of carbonyl (C=O) groups is 2. The second-order valence-electron chi connectivity index (χ2n) is 6.70. The Morgan fingerprint density at radius 2 is 1.85 bits per heavy atom. The number of rotatable bonds is 3. The van der Waals surface area contributed by atoms with Gasteiger partial charge in [-0.05, 0) is 36.6 Å². The summed E-state index contributed by atoms with van der Waals surface area (Å²) < 4.78 is 0. The minimum Gasteiger partial charge on any atom is -0.309 e. The molecule has 3 aromatic rings. The molecule has 26 heavy (non-hydrogen) atoms. The number of nitrogens with zero attached hydrogens (tertiary/aromatic N) is 1. The van der Waals surface area contributed by atoms with Crippen molar-refractivity contribution in [2.24, 2.45) is 0 Å². The summed E-state index contributed by atoms with van der Waals surface area (Å²) in [6.45, 7) is 4.00. The van der Waals surface area contributed by atoms with Crippen LogP contribution < -0.4 is 5.32 Å². The number of carbonyl (C=O) groups excluding carboxylic acids is 2. The van der Waals surface area contributed by atoms with Gasteiger partial charge in [-0.3, -0.25) is 14.7 Å². The van der Waals surface area contributed by atoms with Crippen LogP contribution in [0.15, 0.2) is 48.5 Å². The van der Waals surface area contributed by atoms with Gasteiger partial charge in [0.2, 0.25) is 5.91 Å². The molecule has 130 valence electrons. The standard InChI is InChI=1S/C21H19N3O2/c1-12-8-9-15(10-13(12)2)20(26)16-11-17(25)22-21-18(16)19(23-24-21)14-6-4-3-5-7-14/h3-10,16H,11H2,1-2H3,(H2,22,23,24,25)/t16-/m1/s1.